The van der Waals surface area contributed by atoms with Gasteiger partial charge in [0, 0.05) is 19.1 Å². The maximum Gasteiger partial charge on any atom is 0.409 e. The van der Waals surface area contributed by atoms with Crippen LogP contribution in [0.3, 0.4) is 0 Å². The van der Waals surface area contributed by atoms with E-state index in [0.717, 1.165) is 5.56 Å². The fourth-order valence-electron chi connectivity index (χ4n) is 1.17. The third-order valence-electron chi connectivity index (χ3n) is 2.00. The zero-order valence-electron chi connectivity index (χ0n) is 13.0. The van der Waals surface area contributed by atoms with Gasteiger partial charge in [0.2, 0.25) is 0 Å². The number of halogens is 1. The van der Waals surface area contributed by atoms with E-state index < -0.39 is 5.97 Å². The number of benzene rings is 1. The fraction of sp³-hybridized carbons (Fsp3) is 0.467. The van der Waals surface area contributed by atoms with Crippen molar-refractivity contribution in [2.75, 3.05) is 14.1 Å². The minimum Gasteiger partial charge on any atom is -0.481 e. The van der Waals surface area contributed by atoms with Crippen molar-refractivity contribution < 1.29 is 19.4 Å². The van der Waals surface area contributed by atoms with Crippen molar-refractivity contribution in [3.05, 3.63) is 34.9 Å². The molecule has 0 atom stereocenters. The number of rotatable bonds is 2. The summed E-state index contributed by atoms with van der Waals surface area (Å²) in [4.78, 5) is 22.5. The first kappa shape index (κ1) is 19.2. The Morgan fingerprint density at radius 3 is 2.19 bits per heavy atom. The molecule has 0 saturated heterocycles. The van der Waals surface area contributed by atoms with Crippen LogP contribution in [0.1, 0.15) is 26.3 Å². The van der Waals surface area contributed by atoms with E-state index >= 15 is 0 Å². The number of carbonyl (C=O) groups excluding carboxylic acids is 1. The number of hydrogen-bond acceptors (Lipinski definition) is 3. The summed E-state index contributed by atoms with van der Waals surface area (Å²) in [6, 6.07) is 6.84. The molecule has 1 amide bonds. The van der Waals surface area contributed by atoms with E-state index in [2.05, 4.69) is 0 Å². The molecule has 0 heterocycles. The van der Waals surface area contributed by atoms with Crippen molar-refractivity contribution in [3.63, 3.8) is 0 Å². The summed E-state index contributed by atoms with van der Waals surface area (Å²) in [7, 11) is 3.32. The van der Waals surface area contributed by atoms with E-state index in [4.69, 9.17) is 21.4 Å². The lowest BCUT2D eigenvalue weighted by atomic mass is 10.2. The molecule has 5 nitrogen and oxygen atoms in total. The normalized spacial score (nSPS) is 10.2. The Bertz CT molecular complexity index is 481. The number of carbonyl (C=O) groups is 2. The van der Waals surface area contributed by atoms with Crippen LogP contribution in [0, 0.1) is 0 Å². The van der Waals surface area contributed by atoms with Crippen molar-refractivity contribution in [1.82, 2.24) is 4.90 Å². The number of ether oxygens (including phenoxy) is 1. The van der Waals surface area contributed by atoms with Crippen LogP contribution >= 0.6 is 11.6 Å². The van der Waals surface area contributed by atoms with Crippen LogP contribution in [0.5, 0.6) is 0 Å². The highest BCUT2D eigenvalue weighted by Gasteiger charge is 2.16. The van der Waals surface area contributed by atoms with Crippen molar-refractivity contribution in [1.29, 1.82) is 0 Å². The highest BCUT2D eigenvalue weighted by Crippen LogP contribution is 2.10. The molecule has 118 valence electrons. The van der Waals surface area contributed by atoms with Gasteiger partial charge in [0.1, 0.15) is 5.60 Å². The molecule has 0 aliphatic carbocycles. The molecular formula is C15H22ClNO4. The third-order valence-corrected chi connectivity index (χ3v) is 2.24. The summed E-state index contributed by atoms with van der Waals surface area (Å²) in [6.45, 7) is 5.52. The van der Waals surface area contributed by atoms with Crippen LogP contribution in [-0.2, 0) is 16.0 Å². The van der Waals surface area contributed by atoms with Gasteiger partial charge >= 0.3 is 12.1 Å². The second-order valence-electron chi connectivity index (χ2n) is 5.58. The fourth-order valence-corrected chi connectivity index (χ4v) is 1.39. The largest absolute Gasteiger partial charge is 0.481 e. The van der Waals surface area contributed by atoms with Gasteiger partial charge in [0.05, 0.1) is 6.42 Å². The molecule has 0 fully saturated rings. The second kappa shape index (κ2) is 8.52. The predicted molar refractivity (Wildman–Crippen MR) is 82.7 cm³/mol. The minimum atomic E-state index is -0.840. The third kappa shape index (κ3) is 10.7. The Labute approximate surface area is 130 Å². The summed E-state index contributed by atoms with van der Waals surface area (Å²) in [5.41, 5.74) is 0.339. The summed E-state index contributed by atoms with van der Waals surface area (Å²) in [5.74, 6) is -0.840. The van der Waals surface area contributed by atoms with Crippen LogP contribution in [0.25, 0.3) is 0 Å². The smallest absolute Gasteiger partial charge is 0.409 e. The molecule has 0 unspecified atom stereocenters. The van der Waals surface area contributed by atoms with Crippen molar-refractivity contribution >= 4 is 23.7 Å². The minimum absolute atomic E-state index is 0.0283. The highest BCUT2D eigenvalue weighted by molar-refractivity contribution is 6.30. The van der Waals surface area contributed by atoms with Gasteiger partial charge in [-0.3, -0.25) is 4.79 Å². The summed E-state index contributed by atoms with van der Waals surface area (Å²) >= 11 is 5.64. The Kier molecular flexibility index (Phi) is 7.81. The first-order valence-corrected chi connectivity index (χ1v) is 6.75. The first-order valence-electron chi connectivity index (χ1n) is 6.38. The van der Waals surface area contributed by atoms with Crippen LogP contribution in [0.15, 0.2) is 24.3 Å². The lowest BCUT2D eigenvalue weighted by Crippen LogP contribution is -2.31. The molecule has 1 aromatic carbocycles. The maximum absolute atomic E-state index is 10.9. The number of amides is 1. The molecule has 0 aliphatic rings. The zero-order valence-corrected chi connectivity index (χ0v) is 13.8. The molecule has 6 heteroatoms. The highest BCUT2D eigenvalue weighted by atomic mass is 35.5. The molecule has 1 rings (SSSR count). The number of nitrogens with zero attached hydrogens (tertiary/aromatic N) is 1. The van der Waals surface area contributed by atoms with E-state index in [1.165, 1.54) is 4.90 Å². The van der Waals surface area contributed by atoms with E-state index in [1.54, 1.807) is 38.4 Å². The number of carboxylic acid groups (broad SMARTS) is 1. The summed E-state index contributed by atoms with van der Waals surface area (Å²) < 4.78 is 4.99. The van der Waals surface area contributed by atoms with E-state index in [1.807, 2.05) is 20.8 Å². The van der Waals surface area contributed by atoms with Gasteiger partial charge in [-0.15, -0.1) is 0 Å². The molecule has 0 radical (unpaired) electrons. The van der Waals surface area contributed by atoms with E-state index in [0.29, 0.717) is 5.02 Å². The van der Waals surface area contributed by atoms with Crippen molar-refractivity contribution in [2.45, 2.75) is 32.8 Å². The van der Waals surface area contributed by atoms with Crippen LogP contribution in [0.4, 0.5) is 4.79 Å². The Hall–Kier alpha value is -1.75. The van der Waals surface area contributed by atoms with E-state index in [-0.39, 0.29) is 18.1 Å². The van der Waals surface area contributed by atoms with Gasteiger partial charge in [-0.1, -0.05) is 23.7 Å². The van der Waals surface area contributed by atoms with Gasteiger partial charge in [-0.25, -0.2) is 4.79 Å². The standard InChI is InChI=1S/C8H7ClO2.C7H15NO2/c9-7-3-1-2-6(4-7)5-8(10)11;1-7(2,3)10-6(9)8(4)5/h1-4H,5H2,(H,10,11);1-5H3. The van der Waals surface area contributed by atoms with Crippen molar-refractivity contribution in [2.24, 2.45) is 0 Å². The summed E-state index contributed by atoms with van der Waals surface area (Å²) in [6.07, 6.45) is -0.270. The van der Waals surface area contributed by atoms with E-state index in [9.17, 15) is 9.59 Å². The molecule has 0 spiro atoms. The van der Waals surface area contributed by atoms with Gasteiger partial charge < -0.3 is 14.7 Å². The SMILES string of the molecule is CN(C)C(=O)OC(C)(C)C.O=C(O)Cc1cccc(Cl)c1. The number of aliphatic carboxylic acids is 1. The first-order chi connectivity index (χ1) is 9.51. The van der Waals surface area contributed by atoms with Gasteiger partial charge in [0.15, 0.2) is 0 Å². The topological polar surface area (TPSA) is 66.8 Å². The predicted octanol–water partition coefficient (Wildman–Crippen LogP) is 3.45. The van der Waals surface area contributed by atoms with Crippen LogP contribution in [0.2, 0.25) is 5.02 Å². The molecule has 0 bridgehead atoms. The second-order valence-corrected chi connectivity index (χ2v) is 6.01. The quantitative estimate of drug-likeness (QED) is 0.907. The molecule has 0 aromatic heterocycles. The maximum atomic E-state index is 10.9. The Balaban J connectivity index is 0.000000384. The summed E-state index contributed by atoms with van der Waals surface area (Å²) in [5, 5.41) is 8.99. The molecule has 1 aromatic rings. The average Bonchev–Trinajstić information content (AvgIpc) is 2.26. The average molecular weight is 316 g/mol. The van der Waals surface area contributed by atoms with Crippen LogP contribution < -0.4 is 0 Å². The molecule has 0 saturated carbocycles. The molecule has 1 N–H and O–H groups in total. The Morgan fingerprint density at radius 1 is 1.29 bits per heavy atom. The van der Waals surface area contributed by atoms with Gasteiger partial charge in [-0.2, -0.15) is 0 Å². The zero-order chi connectivity index (χ0) is 16.6. The van der Waals surface area contributed by atoms with Crippen LogP contribution in [-0.4, -0.2) is 41.8 Å². The molecular weight excluding hydrogens is 294 g/mol. The molecule has 0 aliphatic heterocycles. The van der Waals surface area contributed by atoms with Gasteiger partial charge in [0.25, 0.3) is 0 Å². The molecule has 21 heavy (non-hydrogen) atoms. The number of carboxylic acids is 1. The van der Waals surface area contributed by atoms with Gasteiger partial charge in [-0.05, 0) is 38.5 Å². The monoisotopic (exact) mass is 315 g/mol. The lowest BCUT2D eigenvalue weighted by molar-refractivity contribution is -0.136. The lowest BCUT2D eigenvalue weighted by Gasteiger charge is -2.22. The number of hydrogen-bond donors (Lipinski definition) is 1. The van der Waals surface area contributed by atoms with Crippen molar-refractivity contribution in [3.8, 4) is 0 Å². The Morgan fingerprint density at radius 2 is 1.86 bits per heavy atom.